The number of esters is 1. The number of rotatable bonds is 6. The lowest BCUT2D eigenvalue weighted by Gasteiger charge is -2.26. The number of carbonyl (C=O) groups is 3. The summed E-state index contributed by atoms with van der Waals surface area (Å²) in [7, 11) is -6.25. The summed E-state index contributed by atoms with van der Waals surface area (Å²) in [6, 6.07) is 13.7. The summed E-state index contributed by atoms with van der Waals surface area (Å²) in [5.41, 5.74) is 11.6. The molecule has 16 nitrogen and oxygen atoms in total. The maximum Gasteiger partial charge on any atom is 0.302 e. The van der Waals surface area contributed by atoms with Crippen LogP contribution >= 0.6 is 15.9 Å². The van der Waals surface area contributed by atoms with Gasteiger partial charge in [-0.15, -0.1) is 0 Å². The number of morpholine rings is 2. The number of primary amides is 2. The van der Waals surface area contributed by atoms with E-state index in [1.807, 2.05) is 33.5 Å². The van der Waals surface area contributed by atoms with Gasteiger partial charge >= 0.3 is 5.97 Å². The summed E-state index contributed by atoms with van der Waals surface area (Å²) in [4.78, 5) is 38.3. The predicted octanol–water partition coefficient (Wildman–Crippen LogP) is 3.82. The molecule has 6 N–H and O–H groups in total. The van der Waals surface area contributed by atoms with Crippen molar-refractivity contribution in [2.24, 2.45) is 11.5 Å². The van der Waals surface area contributed by atoms with E-state index in [1.165, 1.54) is 22.6 Å². The number of para-hydroxylation sites is 2. The van der Waals surface area contributed by atoms with Gasteiger partial charge in [-0.05, 0) is 18.0 Å². The normalized spacial score (nSPS) is 14.6. The summed E-state index contributed by atoms with van der Waals surface area (Å²) in [6.45, 7) is 11.8. The van der Waals surface area contributed by atoms with E-state index >= 15 is 0 Å². The van der Waals surface area contributed by atoms with E-state index in [-0.39, 0.29) is 53.3 Å². The van der Waals surface area contributed by atoms with Gasteiger partial charge in [-0.25, -0.2) is 16.8 Å². The summed E-state index contributed by atoms with van der Waals surface area (Å²) in [5, 5.41) is 0.940. The Balaban J connectivity index is 0.000000419. The Morgan fingerprint density at radius 1 is 0.660 bits per heavy atom. The van der Waals surface area contributed by atoms with Crippen molar-refractivity contribution in [1.82, 2.24) is 18.6 Å². The van der Waals surface area contributed by atoms with Crippen LogP contribution < -0.4 is 11.5 Å². The monoisotopic (exact) mass is 846 g/mol. The van der Waals surface area contributed by atoms with E-state index in [1.54, 1.807) is 48.5 Å². The largest absolute Gasteiger partial charge is 0.469 e. The van der Waals surface area contributed by atoms with Gasteiger partial charge in [-0.3, -0.25) is 14.4 Å². The molecule has 19 heteroatoms. The number of fused-ring (bicyclic) bond motifs is 2. The highest BCUT2D eigenvalue weighted by Gasteiger charge is 2.34. The van der Waals surface area contributed by atoms with Gasteiger partial charge in [-0.2, -0.15) is 8.61 Å². The number of aromatic nitrogens is 2. The molecule has 2 aromatic carbocycles. The number of hydrogen-bond acceptors (Lipinski definition) is 10. The number of ether oxygens (including phenoxy) is 3. The molecule has 2 aliphatic rings. The predicted molar refractivity (Wildman–Crippen MR) is 208 cm³/mol. The van der Waals surface area contributed by atoms with Crippen LogP contribution in [0.5, 0.6) is 0 Å². The Morgan fingerprint density at radius 3 is 1.21 bits per heavy atom. The number of nitrogens with one attached hydrogen (secondary N) is 2. The van der Waals surface area contributed by atoms with Crippen LogP contribution in [0.4, 0.5) is 0 Å². The number of methoxy groups -OCH3 is 1. The number of nitrogens with two attached hydrogens (primary N) is 2. The number of H-pyrrole nitrogens is 2. The zero-order valence-electron chi connectivity index (χ0n) is 31.1. The molecule has 53 heavy (non-hydrogen) atoms. The molecule has 0 aliphatic carbocycles. The number of aromatic amines is 2. The third-order valence-electron chi connectivity index (χ3n) is 7.23. The molecular weight excluding hydrogens is 796 g/mol. The van der Waals surface area contributed by atoms with Crippen LogP contribution in [0.25, 0.3) is 21.8 Å². The molecule has 0 unspecified atom stereocenters. The zero-order chi connectivity index (χ0) is 40.4. The molecule has 2 saturated heterocycles. The van der Waals surface area contributed by atoms with E-state index in [2.05, 4.69) is 30.6 Å². The fourth-order valence-corrected chi connectivity index (χ4v) is 8.45. The fourth-order valence-electron chi connectivity index (χ4n) is 4.95. The average Bonchev–Trinajstić information content (AvgIpc) is 3.80. The molecule has 0 saturated carbocycles. The lowest BCUT2D eigenvalue weighted by molar-refractivity contribution is -0.137. The van der Waals surface area contributed by atoms with Crippen molar-refractivity contribution < 1.29 is 45.4 Å². The van der Waals surface area contributed by atoms with Crippen LogP contribution in [0.1, 0.15) is 55.6 Å². The van der Waals surface area contributed by atoms with E-state index in [9.17, 15) is 31.2 Å². The van der Waals surface area contributed by atoms with Crippen LogP contribution in [-0.4, -0.2) is 119 Å². The van der Waals surface area contributed by atoms with Gasteiger partial charge in [0.15, 0.2) is 0 Å². The lowest BCUT2D eigenvalue weighted by atomic mass is 10.2. The topological polar surface area (TPSA) is 237 Å². The smallest absolute Gasteiger partial charge is 0.302 e. The molecule has 0 spiro atoms. The van der Waals surface area contributed by atoms with Gasteiger partial charge in [-0.1, -0.05) is 80.0 Å². The molecular formula is C34H51BrN6O10S2. The number of hydrogen-bond donors (Lipinski definition) is 4. The van der Waals surface area contributed by atoms with Crippen molar-refractivity contribution in [2.75, 3.05) is 65.5 Å². The van der Waals surface area contributed by atoms with Crippen molar-refractivity contribution in [3.63, 3.8) is 0 Å². The van der Waals surface area contributed by atoms with Gasteiger partial charge in [0.25, 0.3) is 11.8 Å². The molecule has 0 bridgehead atoms. The first-order chi connectivity index (χ1) is 25.3. The van der Waals surface area contributed by atoms with Crippen LogP contribution in [0, 0.1) is 0 Å². The molecule has 2 amide bonds. The number of carbonyl (C=O) groups excluding carboxylic acids is 3. The van der Waals surface area contributed by atoms with E-state index in [4.69, 9.17) is 20.9 Å². The molecule has 2 aliphatic heterocycles. The van der Waals surface area contributed by atoms with Gasteiger partial charge < -0.3 is 35.6 Å². The summed E-state index contributed by atoms with van der Waals surface area (Å²) >= 11 is 2.94. The van der Waals surface area contributed by atoms with Gasteiger partial charge in [0.1, 0.15) is 21.2 Å². The number of amides is 2. The minimum absolute atomic E-state index is 0.0486. The molecule has 2 aromatic heterocycles. The first kappa shape index (κ1) is 47.2. The van der Waals surface area contributed by atoms with Crippen LogP contribution in [-0.2, 0) is 39.1 Å². The summed E-state index contributed by atoms with van der Waals surface area (Å²) in [6.07, 6.45) is 0. The second-order valence-corrected chi connectivity index (χ2v) is 14.0. The highest BCUT2D eigenvalue weighted by molar-refractivity contribution is 9.08. The molecule has 4 heterocycles. The third-order valence-corrected chi connectivity index (χ3v) is 11.2. The van der Waals surface area contributed by atoms with Crippen molar-refractivity contribution in [1.29, 1.82) is 0 Å². The Kier molecular flexibility index (Phi) is 20.5. The van der Waals surface area contributed by atoms with Crippen molar-refractivity contribution in [3.8, 4) is 0 Å². The van der Waals surface area contributed by atoms with E-state index in [0.717, 1.165) is 0 Å². The number of nitrogens with zero attached hydrogens (tertiary/aromatic N) is 2. The molecule has 6 rings (SSSR count). The maximum absolute atomic E-state index is 12.8. The standard InChI is InChI=1S/2C13H15N3O4S.C3H6O2.2C2H6.CH3Br/c2*14-13(17)11-12(9-3-1-2-4-10(9)15-11)21(18,19)16-5-7-20-8-6-16;1-3(4)5-2;3*1-2/h2*1-4,15H,5-8H2,(H2,14,17);1-2H3;2*1-2H3;1H3. The second kappa shape index (κ2) is 23.0. The molecule has 0 atom stereocenters. The van der Waals surface area contributed by atoms with Crippen LogP contribution in [0.2, 0.25) is 0 Å². The quantitative estimate of drug-likeness (QED) is 0.162. The third kappa shape index (κ3) is 12.1. The van der Waals surface area contributed by atoms with Crippen molar-refractivity contribution in [2.45, 2.75) is 44.4 Å². The minimum atomic E-state index is -3.80. The van der Waals surface area contributed by atoms with Crippen molar-refractivity contribution in [3.05, 3.63) is 59.9 Å². The SMILES string of the molecule is CBr.CC.CC.COC(C)=O.NC(=O)c1[nH]c2ccccc2c1S(=O)(=O)N1CCOCC1.NC(=O)c1[nH]c2ccccc2c1S(=O)(=O)N1CCOCC1. The summed E-state index contributed by atoms with van der Waals surface area (Å²) < 4.78 is 68.4. The lowest BCUT2D eigenvalue weighted by Crippen LogP contribution is -2.41. The van der Waals surface area contributed by atoms with E-state index < -0.39 is 31.9 Å². The van der Waals surface area contributed by atoms with E-state index in [0.29, 0.717) is 48.2 Å². The van der Waals surface area contributed by atoms with Crippen LogP contribution in [0.3, 0.4) is 0 Å². The second-order valence-electron chi connectivity index (χ2n) is 10.2. The van der Waals surface area contributed by atoms with Gasteiger partial charge in [0, 0.05) is 54.9 Å². The fraction of sp³-hybridized carbons (Fsp3) is 0.441. The first-order valence-corrected chi connectivity index (χ1v) is 21.2. The highest BCUT2D eigenvalue weighted by atomic mass is 79.9. The van der Waals surface area contributed by atoms with Crippen LogP contribution in [0.15, 0.2) is 58.3 Å². The maximum atomic E-state index is 12.8. The average molecular weight is 848 g/mol. The first-order valence-electron chi connectivity index (χ1n) is 16.7. The highest BCUT2D eigenvalue weighted by Crippen LogP contribution is 2.31. The van der Waals surface area contributed by atoms with Crippen molar-refractivity contribution >= 4 is 75.6 Å². The molecule has 296 valence electrons. The minimum Gasteiger partial charge on any atom is -0.469 e. The number of alkyl halides is 1. The number of sulfonamides is 2. The number of halogens is 1. The van der Waals surface area contributed by atoms with Gasteiger partial charge in [0.05, 0.1) is 33.5 Å². The molecule has 0 radical (unpaired) electrons. The Labute approximate surface area is 319 Å². The Hall–Kier alpha value is -3.85. The van der Waals surface area contributed by atoms with Gasteiger partial charge in [0.2, 0.25) is 20.0 Å². The Morgan fingerprint density at radius 2 is 0.943 bits per heavy atom. The zero-order valence-corrected chi connectivity index (χ0v) is 34.3. The number of benzene rings is 2. The summed E-state index contributed by atoms with van der Waals surface area (Å²) in [5.74, 6) is -0.0198. The Bertz CT molecular complexity index is 1850. The molecule has 4 aromatic rings. The molecule has 2 fully saturated rings.